The lowest BCUT2D eigenvalue weighted by Gasteiger charge is -2.13. The van der Waals surface area contributed by atoms with Crippen LogP contribution in [0.1, 0.15) is 28.4 Å². The predicted octanol–water partition coefficient (Wildman–Crippen LogP) is 2.12. The van der Waals surface area contributed by atoms with Crippen LogP contribution in [0.2, 0.25) is 0 Å². The average Bonchev–Trinajstić information content (AvgIpc) is 2.17. The number of hydrogen-bond donors (Lipinski definition) is 0. The summed E-state index contributed by atoms with van der Waals surface area (Å²) in [4.78, 5) is 12.7. The van der Waals surface area contributed by atoms with E-state index in [4.69, 9.17) is 0 Å². The SMILES string of the molecule is CCc1cc(C=O)ccc1CN(C)C. The molecule has 14 heavy (non-hydrogen) atoms. The van der Waals surface area contributed by atoms with Crippen LogP contribution in [0.3, 0.4) is 0 Å². The summed E-state index contributed by atoms with van der Waals surface area (Å²) in [6.45, 7) is 3.05. The van der Waals surface area contributed by atoms with Crippen molar-refractivity contribution in [2.24, 2.45) is 0 Å². The minimum Gasteiger partial charge on any atom is -0.305 e. The average molecular weight is 191 g/mol. The first-order valence-corrected chi connectivity index (χ1v) is 4.89. The van der Waals surface area contributed by atoms with Crippen molar-refractivity contribution in [1.82, 2.24) is 4.90 Å². The fourth-order valence-corrected chi connectivity index (χ4v) is 1.54. The maximum Gasteiger partial charge on any atom is 0.150 e. The fraction of sp³-hybridized carbons (Fsp3) is 0.417. The molecule has 0 saturated heterocycles. The molecular weight excluding hydrogens is 174 g/mol. The highest BCUT2D eigenvalue weighted by Gasteiger charge is 2.02. The zero-order valence-corrected chi connectivity index (χ0v) is 9.08. The van der Waals surface area contributed by atoms with Gasteiger partial charge in [-0.15, -0.1) is 0 Å². The standard InChI is InChI=1S/C12H17NO/c1-4-11-7-10(9-14)5-6-12(11)8-13(2)3/h5-7,9H,4,8H2,1-3H3. The molecule has 76 valence electrons. The first kappa shape index (κ1) is 10.9. The van der Waals surface area contributed by atoms with Gasteiger partial charge in [-0.05, 0) is 37.7 Å². The zero-order valence-electron chi connectivity index (χ0n) is 9.08. The van der Waals surface area contributed by atoms with Crippen molar-refractivity contribution < 1.29 is 4.79 Å². The number of aldehydes is 1. The molecule has 0 aliphatic carbocycles. The lowest BCUT2D eigenvalue weighted by Crippen LogP contribution is -2.12. The number of carbonyl (C=O) groups excluding carboxylic acids is 1. The molecule has 0 spiro atoms. The molecule has 1 aromatic carbocycles. The van der Waals surface area contributed by atoms with E-state index in [2.05, 4.69) is 11.8 Å². The second-order valence-electron chi connectivity index (χ2n) is 3.74. The summed E-state index contributed by atoms with van der Waals surface area (Å²) >= 11 is 0. The molecule has 2 nitrogen and oxygen atoms in total. The van der Waals surface area contributed by atoms with Gasteiger partial charge in [-0.3, -0.25) is 4.79 Å². The first-order valence-electron chi connectivity index (χ1n) is 4.89. The van der Waals surface area contributed by atoms with Crippen molar-refractivity contribution in [2.75, 3.05) is 14.1 Å². The van der Waals surface area contributed by atoms with Crippen molar-refractivity contribution in [3.05, 3.63) is 34.9 Å². The highest BCUT2D eigenvalue weighted by Crippen LogP contribution is 2.13. The van der Waals surface area contributed by atoms with Crippen LogP contribution in [0, 0.1) is 0 Å². The van der Waals surface area contributed by atoms with E-state index in [0.29, 0.717) is 0 Å². The lowest BCUT2D eigenvalue weighted by molar-refractivity contribution is 0.112. The summed E-state index contributed by atoms with van der Waals surface area (Å²) in [6.07, 6.45) is 1.88. The molecule has 0 aliphatic heterocycles. The van der Waals surface area contributed by atoms with E-state index in [1.165, 1.54) is 11.1 Å². The Kier molecular flexibility index (Phi) is 3.84. The normalized spacial score (nSPS) is 10.6. The Balaban J connectivity index is 2.98. The monoisotopic (exact) mass is 191 g/mol. The summed E-state index contributed by atoms with van der Waals surface area (Å²) in [5.74, 6) is 0. The molecule has 0 aliphatic rings. The van der Waals surface area contributed by atoms with Crippen molar-refractivity contribution in [3.63, 3.8) is 0 Å². The number of rotatable bonds is 4. The van der Waals surface area contributed by atoms with Crippen molar-refractivity contribution in [1.29, 1.82) is 0 Å². The Labute approximate surface area is 85.5 Å². The topological polar surface area (TPSA) is 20.3 Å². The Bertz CT molecular complexity index is 318. The molecule has 0 fully saturated rings. The quantitative estimate of drug-likeness (QED) is 0.679. The molecule has 0 radical (unpaired) electrons. The maximum absolute atomic E-state index is 10.6. The van der Waals surface area contributed by atoms with E-state index in [1.807, 2.05) is 32.3 Å². The highest BCUT2D eigenvalue weighted by atomic mass is 16.1. The summed E-state index contributed by atoms with van der Waals surface area (Å²) in [7, 11) is 4.10. The largest absolute Gasteiger partial charge is 0.305 e. The van der Waals surface area contributed by atoms with E-state index in [0.717, 1.165) is 24.8 Å². The Morgan fingerprint density at radius 1 is 1.29 bits per heavy atom. The molecule has 2 heteroatoms. The van der Waals surface area contributed by atoms with Crippen LogP contribution in [-0.4, -0.2) is 25.3 Å². The molecule has 0 aromatic heterocycles. The minimum atomic E-state index is 0.768. The van der Waals surface area contributed by atoms with Gasteiger partial charge in [0, 0.05) is 12.1 Å². The van der Waals surface area contributed by atoms with E-state index < -0.39 is 0 Å². The van der Waals surface area contributed by atoms with Crippen LogP contribution in [0.5, 0.6) is 0 Å². The van der Waals surface area contributed by atoms with Gasteiger partial charge in [0.2, 0.25) is 0 Å². The fourth-order valence-electron chi connectivity index (χ4n) is 1.54. The van der Waals surface area contributed by atoms with Crippen LogP contribution in [0.25, 0.3) is 0 Å². The predicted molar refractivity (Wildman–Crippen MR) is 58.6 cm³/mol. The zero-order chi connectivity index (χ0) is 10.6. The summed E-state index contributed by atoms with van der Waals surface area (Å²) in [5.41, 5.74) is 3.34. The van der Waals surface area contributed by atoms with Gasteiger partial charge < -0.3 is 4.90 Å². The van der Waals surface area contributed by atoms with Crippen molar-refractivity contribution in [3.8, 4) is 0 Å². The molecule has 0 saturated carbocycles. The smallest absolute Gasteiger partial charge is 0.150 e. The Morgan fingerprint density at radius 3 is 2.50 bits per heavy atom. The molecule has 0 bridgehead atoms. The van der Waals surface area contributed by atoms with Gasteiger partial charge in [0.15, 0.2) is 0 Å². The third-order valence-corrected chi connectivity index (χ3v) is 2.23. The van der Waals surface area contributed by atoms with Gasteiger partial charge in [-0.1, -0.05) is 19.1 Å². The van der Waals surface area contributed by atoms with Crippen LogP contribution in [-0.2, 0) is 13.0 Å². The van der Waals surface area contributed by atoms with Gasteiger partial charge in [0.1, 0.15) is 6.29 Å². The number of hydrogen-bond acceptors (Lipinski definition) is 2. The number of carbonyl (C=O) groups is 1. The summed E-state index contributed by atoms with van der Waals surface area (Å²) < 4.78 is 0. The van der Waals surface area contributed by atoms with Crippen molar-refractivity contribution in [2.45, 2.75) is 19.9 Å². The maximum atomic E-state index is 10.6. The molecule has 0 unspecified atom stereocenters. The van der Waals surface area contributed by atoms with Crippen LogP contribution < -0.4 is 0 Å². The third kappa shape index (κ3) is 2.67. The molecule has 0 N–H and O–H groups in total. The van der Waals surface area contributed by atoms with Crippen LogP contribution >= 0.6 is 0 Å². The van der Waals surface area contributed by atoms with Gasteiger partial charge in [-0.25, -0.2) is 0 Å². The number of aryl methyl sites for hydroxylation is 1. The molecule has 0 amide bonds. The van der Waals surface area contributed by atoms with E-state index in [9.17, 15) is 4.79 Å². The summed E-state index contributed by atoms with van der Waals surface area (Å²) in [5, 5.41) is 0. The second-order valence-corrected chi connectivity index (χ2v) is 3.74. The second kappa shape index (κ2) is 4.91. The van der Waals surface area contributed by atoms with Gasteiger partial charge in [-0.2, -0.15) is 0 Å². The number of nitrogens with zero attached hydrogens (tertiary/aromatic N) is 1. The Hall–Kier alpha value is -1.15. The van der Waals surface area contributed by atoms with E-state index in [-0.39, 0.29) is 0 Å². The Morgan fingerprint density at radius 2 is 2.00 bits per heavy atom. The minimum absolute atomic E-state index is 0.768. The van der Waals surface area contributed by atoms with Gasteiger partial charge >= 0.3 is 0 Å². The molecule has 1 rings (SSSR count). The molecule has 0 atom stereocenters. The van der Waals surface area contributed by atoms with Gasteiger partial charge in [0.05, 0.1) is 0 Å². The lowest BCUT2D eigenvalue weighted by atomic mass is 10.0. The summed E-state index contributed by atoms with van der Waals surface area (Å²) in [6, 6.07) is 5.90. The molecule has 0 heterocycles. The highest BCUT2D eigenvalue weighted by molar-refractivity contribution is 5.75. The van der Waals surface area contributed by atoms with Crippen LogP contribution in [0.4, 0.5) is 0 Å². The molecule has 1 aromatic rings. The van der Waals surface area contributed by atoms with E-state index >= 15 is 0 Å². The molecular formula is C12H17NO. The van der Waals surface area contributed by atoms with Gasteiger partial charge in [0.25, 0.3) is 0 Å². The number of benzene rings is 1. The van der Waals surface area contributed by atoms with Crippen LogP contribution in [0.15, 0.2) is 18.2 Å². The first-order chi connectivity index (χ1) is 6.67. The van der Waals surface area contributed by atoms with E-state index in [1.54, 1.807) is 0 Å². The van der Waals surface area contributed by atoms with Crippen molar-refractivity contribution >= 4 is 6.29 Å². The third-order valence-electron chi connectivity index (χ3n) is 2.23.